The zero-order chi connectivity index (χ0) is 18.7. The maximum absolute atomic E-state index is 12.4. The summed E-state index contributed by atoms with van der Waals surface area (Å²) in [4.78, 5) is 24.6. The molecule has 0 N–H and O–H groups in total. The summed E-state index contributed by atoms with van der Waals surface area (Å²) in [6, 6.07) is 9.55. The molecule has 0 atom stereocenters. The van der Waals surface area contributed by atoms with Crippen LogP contribution in [-0.4, -0.2) is 40.3 Å². The van der Waals surface area contributed by atoms with Gasteiger partial charge in [0.05, 0.1) is 23.0 Å². The number of nitrogens with zero attached hydrogens (tertiary/aromatic N) is 2. The van der Waals surface area contributed by atoms with Crippen molar-refractivity contribution in [1.29, 1.82) is 0 Å². The van der Waals surface area contributed by atoms with Crippen molar-refractivity contribution in [3.63, 3.8) is 0 Å². The van der Waals surface area contributed by atoms with Gasteiger partial charge in [-0.1, -0.05) is 24.0 Å². The Morgan fingerprint density at radius 1 is 1.31 bits per heavy atom. The van der Waals surface area contributed by atoms with Crippen LogP contribution in [0, 0.1) is 10.1 Å². The van der Waals surface area contributed by atoms with Gasteiger partial charge in [0.2, 0.25) is 0 Å². The summed E-state index contributed by atoms with van der Waals surface area (Å²) in [6.07, 6.45) is 1.64. The number of thiocarbonyl (C=S) groups is 1. The van der Waals surface area contributed by atoms with Crippen molar-refractivity contribution in [3.8, 4) is 11.3 Å². The minimum atomic E-state index is -0.455. The molecule has 0 radical (unpaired) electrons. The maximum Gasteiger partial charge on any atom is 0.269 e. The fourth-order valence-corrected chi connectivity index (χ4v) is 3.63. The second-order valence-electron chi connectivity index (χ2n) is 5.33. The quantitative estimate of drug-likeness (QED) is 0.322. The highest BCUT2D eigenvalue weighted by molar-refractivity contribution is 8.26. The predicted octanol–water partition coefficient (Wildman–Crippen LogP) is 3.70. The van der Waals surface area contributed by atoms with Crippen molar-refractivity contribution < 1.29 is 18.9 Å². The Labute approximate surface area is 158 Å². The SMILES string of the molecule is COCCN1C(=O)C(=Cc2ccc(-c3ccc([N+](=O)[O-])cc3)o2)SC1=S. The highest BCUT2D eigenvalue weighted by Gasteiger charge is 2.31. The van der Waals surface area contributed by atoms with Crippen LogP contribution in [0.1, 0.15) is 5.76 Å². The number of ether oxygens (including phenoxy) is 1. The van der Waals surface area contributed by atoms with E-state index in [0.29, 0.717) is 39.5 Å². The van der Waals surface area contributed by atoms with E-state index in [0.717, 1.165) is 0 Å². The maximum atomic E-state index is 12.4. The molecule has 1 aliphatic rings. The second kappa shape index (κ2) is 7.81. The number of thioether (sulfide) groups is 1. The first-order valence-corrected chi connectivity index (χ1v) is 8.81. The number of rotatable bonds is 6. The van der Waals surface area contributed by atoms with Gasteiger partial charge in [-0.2, -0.15) is 0 Å². The van der Waals surface area contributed by atoms with Crippen LogP contribution in [-0.2, 0) is 9.53 Å². The number of non-ortho nitro benzene ring substituents is 1. The van der Waals surface area contributed by atoms with Gasteiger partial charge < -0.3 is 9.15 Å². The summed E-state index contributed by atoms with van der Waals surface area (Å²) in [5.74, 6) is 0.886. The third kappa shape index (κ3) is 3.85. The van der Waals surface area contributed by atoms with Gasteiger partial charge in [-0.05, 0) is 24.3 Å². The summed E-state index contributed by atoms with van der Waals surface area (Å²) >= 11 is 6.44. The van der Waals surface area contributed by atoms with E-state index in [1.165, 1.54) is 28.8 Å². The topological polar surface area (TPSA) is 85.8 Å². The minimum absolute atomic E-state index is 0.0141. The van der Waals surface area contributed by atoms with E-state index in [1.807, 2.05) is 0 Å². The monoisotopic (exact) mass is 390 g/mol. The molecule has 0 aliphatic carbocycles. The summed E-state index contributed by atoms with van der Waals surface area (Å²) in [6.45, 7) is 0.815. The second-order valence-corrected chi connectivity index (χ2v) is 7.01. The van der Waals surface area contributed by atoms with Crippen molar-refractivity contribution >= 4 is 46.0 Å². The van der Waals surface area contributed by atoms with E-state index in [2.05, 4.69) is 0 Å². The van der Waals surface area contributed by atoms with Crippen LogP contribution in [0.25, 0.3) is 17.4 Å². The molecule has 9 heteroatoms. The molecule has 0 saturated carbocycles. The number of carbonyl (C=O) groups is 1. The van der Waals surface area contributed by atoms with Gasteiger partial charge in [0.25, 0.3) is 11.6 Å². The van der Waals surface area contributed by atoms with Crippen LogP contribution in [0.15, 0.2) is 45.7 Å². The molecule has 1 fully saturated rings. The lowest BCUT2D eigenvalue weighted by molar-refractivity contribution is -0.384. The molecule has 3 rings (SSSR count). The van der Waals surface area contributed by atoms with Gasteiger partial charge in [0.1, 0.15) is 15.8 Å². The lowest BCUT2D eigenvalue weighted by atomic mass is 10.1. The zero-order valence-electron chi connectivity index (χ0n) is 13.7. The predicted molar refractivity (Wildman–Crippen MR) is 103 cm³/mol. The fraction of sp³-hybridized carbons (Fsp3) is 0.176. The molecular formula is C17H14N2O5S2. The number of furan rings is 1. The van der Waals surface area contributed by atoms with E-state index >= 15 is 0 Å². The van der Waals surface area contributed by atoms with Crippen LogP contribution in [0.2, 0.25) is 0 Å². The third-order valence-corrected chi connectivity index (χ3v) is 5.03. The highest BCUT2D eigenvalue weighted by Crippen LogP contribution is 2.33. The van der Waals surface area contributed by atoms with Gasteiger partial charge >= 0.3 is 0 Å². The smallest absolute Gasteiger partial charge is 0.269 e. The van der Waals surface area contributed by atoms with E-state index in [-0.39, 0.29) is 11.6 Å². The molecule has 0 spiro atoms. The number of nitro benzene ring substituents is 1. The summed E-state index contributed by atoms with van der Waals surface area (Å²) in [7, 11) is 1.57. The first kappa shape index (κ1) is 18.3. The van der Waals surface area contributed by atoms with Crippen LogP contribution in [0.5, 0.6) is 0 Å². The van der Waals surface area contributed by atoms with Crippen molar-refractivity contribution in [2.45, 2.75) is 0 Å². The molecule has 1 aliphatic heterocycles. The molecule has 1 amide bonds. The number of nitro groups is 1. The molecule has 7 nitrogen and oxygen atoms in total. The number of amides is 1. The highest BCUT2D eigenvalue weighted by atomic mass is 32.2. The molecule has 134 valence electrons. The average molecular weight is 390 g/mol. The van der Waals surface area contributed by atoms with Gasteiger partial charge in [-0.15, -0.1) is 0 Å². The van der Waals surface area contributed by atoms with Gasteiger partial charge in [-0.25, -0.2) is 0 Å². The number of benzene rings is 1. The van der Waals surface area contributed by atoms with E-state index in [1.54, 1.807) is 37.5 Å². The summed E-state index contributed by atoms with van der Waals surface area (Å²) < 4.78 is 11.2. The number of methoxy groups -OCH3 is 1. The number of hydrogen-bond acceptors (Lipinski definition) is 7. The normalized spacial score (nSPS) is 15.9. The Kier molecular flexibility index (Phi) is 5.50. The Morgan fingerprint density at radius 3 is 2.69 bits per heavy atom. The Morgan fingerprint density at radius 2 is 2.04 bits per heavy atom. The molecule has 26 heavy (non-hydrogen) atoms. The van der Waals surface area contributed by atoms with Gasteiger partial charge in [0.15, 0.2) is 0 Å². The molecule has 1 aromatic carbocycles. The average Bonchev–Trinajstić information content (AvgIpc) is 3.19. The fourth-order valence-electron chi connectivity index (χ4n) is 2.34. The number of carbonyl (C=O) groups excluding carboxylic acids is 1. The van der Waals surface area contributed by atoms with Crippen molar-refractivity contribution in [2.24, 2.45) is 0 Å². The standard InChI is InChI=1S/C17H14N2O5S2/c1-23-9-8-18-16(20)15(26-17(18)25)10-13-6-7-14(24-13)11-2-4-12(5-3-11)19(21)22/h2-7,10H,8-9H2,1H3. The van der Waals surface area contributed by atoms with Crippen molar-refractivity contribution in [3.05, 3.63) is 57.2 Å². The van der Waals surface area contributed by atoms with Gasteiger partial charge in [-0.3, -0.25) is 19.8 Å². The van der Waals surface area contributed by atoms with Crippen LogP contribution in [0.3, 0.4) is 0 Å². The molecule has 2 heterocycles. The largest absolute Gasteiger partial charge is 0.457 e. The molecule has 1 saturated heterocycles. The molecule has 0 bridgehead atoms. The van der Waals surface area contributed by atoms with Crippen LogP contribution in [0.4, 0.5) is 5.69 Å². The molecule has 0 unspecified atom stereocenters. The van der Waals surface area contributed by atoms with Crippen LogP contribution < -0.4 is 0 Å². The van der Waals surface area contributed by atoms with Crippen molar-refractivity contribution in [2.75, 3.05) is 20.3 Å². The Bertz CT molecular complexity index is 889. The molecular weight excluding hydrogens is 376 g/mol. The Hall–Kier alpha value is -2.49. The minimum Gasteiger partial charge on any atom is -0.457 e. The van der Waals surface area contributed by atoms with E-state index in [9.17, 15) is 14.9 Å². The Balaban J connectivity index is 1.78. The first-order chi connectivity index (χ1) is 12.5. The summed E-state index contributed by atoms with van der Waals surface area (Å²) in [5.41, 5.74) is 0.725. The van der Waals surface area contributed by atoms with E-state index in [4.69, 9.17) is 21.4 Å². The first-order valence-electron chi connectivity index (χ1n) is 7.58. The molecule has 1 aromatic heterocycles. The summed E-state index contributed by atoms with van der Waals surface area (Å²) in [5, 5.41) is 10.7. The van der Waals surface area contributed by atoms with Gasteiger partial charge in [0, 0.05) is 30.9 Å². The van der Waals surface area contributed by atoms with Crippen molar-refractivity contribution in [1.82, 2.24) is 4.90 Å². The zero-order valence-corrected chi connectivity index (χ0v) is 15.3. The lowest BCUT2D eigenvalue weighted by Crippen LogP contribution is -2.31. The third-order valence-electron chi connectivity index (χ3n) is 3.66. The molecule has 2 aromatic rings. The van der Waals surface area contributed by atoms with Crippen LogP contribution >= 0.6 is 24.0 Å². The van der Waals surface area contributed by atoms with E-state index < -0.39 is 4.92 Å². The number of hydrogen-bond donors (Lipinski definition) is 0. The lowest BCUT2D eigenvalue weighted by Gasteiger charge is -2.12.